The molecule has 0 heterocycles. The fourth-order valence-electron chi connectivity index (χ4n) is 2.60. The zero-order chi connectivity index (χ0) is 17.8. The molecular formula is C18H31O5P. The molecule has 0 bridgehead atoms. The summed E-state index contributed by atoms with van der Waals surface area (Å²) >= 11 is 0. The largest absolute Gasteiger partial charge is 0.353 e. The van der Waals surface area contributed by atoms with Crippen LogP contribution in [0.25, 0.3) is 0 Å². The van der Waals surface area contributed by atoms with Crippen molar-refractivity contribution in [1.82, 2.24) is 0 Å². The van der Waals surface area contributed by atoms with Crippen LogP contribution in [0.1, 0.15) is 39.7 Å². The molecule has 0 unspecified atom stereocenters. The number of benzene rings is 1. The Morgan fingerprint density at radius 2 is 1.42 bits per heavy atom. The van der Waals surface area contributed by atoms with Crippen LogP contribution >= 0.6 is 7.60 Å². The van der Waals surface area contributed by atoms with Crippen molar-refractivity contribution in [3.63, 3.8) is 0 Å². The van der Waals surface area contributed by atoms with Crippen LogP contribution in [-0.2, 0) is 29.5 Å². The van der Waals surface area contributed by atoms with Gasteiger partial charge in [-0.1, -0.05) is 30.3 Å². The van der Waals surface area contributed by atoms with Gasteiger partial charge in [0.2, 0.25) is 0 Å². The second kappa shape index (κ2) is 11.8. The maximum absolute atomic E-state index is 13.3. The van der Waals surface area contributed by atoms with Gasteiger partial charge in [-0.25, -0.2) is 0 Å². The third-order valence-electron chi connectivity index (χ3n) is 3.55. The van der Waals surface area contributed by atoms with Gasteiger partial charge in [-0.05, 0) is 39.7 Å². The standard InChI is InChI=1S/C18H31O5P/c1-5-20-18(21-6-2)15-17(14-16-12-10-9-11-13-16)24(19,22-7-3)23-8-4/h9-13,17-18H,5-8,14-15H2,1-4H3/t17-/m0/s1. The van der Waals surface area contributed by atoms with Crippen LogP contribution in [0.5, 0.6) is 0 Å². The summed E-state index contributed by atoms with van der Waals surface area (Å²) in [5.74, 6) is 0. The van der Waals surface area contributed by atoms with Gasteiger partial charge in [0.1, 0.15) is 0 Å². The maximum atomic E-state index is 13.3. The van der Waals surface area contributed by atoms with Gasteiger partial charge >= 0.3 is 7.60 Å². The third-order valence-corrected chi connectivity index (χ3v) is 6.07. The van der Waals surface area contributed by atoms with Gasteiger partial charge in [0, 0.05) is 19.6 Å². The predicted molar refractivity (Wildman–Crippen MR) is 96.4 cm³/mol. The van der Waals surface area contributed by atoms with Gasteiger partial charge in [0.25, 0.3) is 0 Å². The van der Waals surface area contributed by atoms with Crippen molar-refractivity contribution in [2.24, 2.45) is 0 Å². The van der Waals surface area contributed by atoms with Crippen molar-refractivity contribution in [3.05, 3.63) is 35.9 Å². The molecule has 1 atom stereocenters. The van der Waals surface area contributed by atoms with Crippen LogP contribution in [0.15, 0.2) is 30.3 Å². The first-order valence-corrected chi connectivity index (χ1v) is 10.4. The summed E-state index contributed by atoms with van der Waals surface area (Å²) in [6, 6.07) is 9.95. The molecule has 0 N–H and O–H groups in total. The SMILES string of the molecule is CCOC(C[C@H](Cc1ccccc1)P(=O)(OCC)OCC)OCC. The number of hydrogen-bond donors (Lipinski definition) is 0. The molecular weight excluding hydrogens is 327 g/mol. The van der Waals surface area contributed by atoms with Gasteiger partial charge < -0.3 is 18.5 Å². The highest BCUT2D eigenvalue weighted by Gasteiger charge is 2.37. The molecule has 0 aromatic heterocycles. The van der Waals surface area contributed by atoms with Gasteiger partial charge in [-0.3, -0.25) is 4.57 Å². The molecule has 0 saturated carbocycles. The highest BCUT2D eigenvalue weighted by molar-refractivity contribution is 7.54. The van der Waals surface area contributed by atoms with Crippen molar-refractivity contribution in [1.29, 1.82) is 0 Å². The van der Waals surface area contributed by atoms with Crippen molar-refractivity contribution in [3.8, 4) is 0 Å². The highest BCUT2D eigenvalue weighted by Crippen LogP contribution is 2.55. The minimum absolute atomic E-state index is 0.317. The van der Waals surface area contributed by atoms with E-state index in [0.29, 0.717) is 39.3 Å². The quantitative estimate of drug-likeness (QED) is 0.379. The predicted octanol–water partition coefficient (Wildman–Crippen LogP) is 4.65. The Hall–Kier alpha value is -0.710. The summed E-state index contributed by atoms with van der Waals surface area (Å²) in [6.45, 7) is 9.26. The lowest BCUT2D eigenvalue weighted by Gasteiger charge is -2.29. The average Bonchev–Trinajstić information content (AvgIpc) is 2.56. The summed E-state index contributed by atoms with van der Waals surface area (Å²) in [7, 11) is -3.26. The number of ether oxygens (including phenoxy) is 2. The monoisotopic (exact) mass is 358 g/mol. The molecule has 24 heavy (non-hydrogen) atoms. The van der Waals surface area contributed by atoms with E-state index < -0.39 is 13.9 Å². The normalized spacial score (nSPS) is 13.4. The van der Waals surface area contributed by atoms with E-state index >= 15 is 0 Å². The Bertz CT molecular complexity index is 464. The van der Waals surface area contributed by atoms with Crippen molar-refractivity contribution in [2.45, 2.75) is 52.5 Å². The summed E-state index contributed by atoms with van der Waals surface area (Å²) in [6.07, 6.45) is 0.644. The van der Waals surface area contributed by atoms with Gasteiger partial charge in [0.05, 0.1) is 18.9 Å². The Morgan fingerprint density at radius 1 is 0.875 bits per heavy atom. The number of rotatable bonds is 13. The lowest BCUT2D eigenvalue weighted by molar-refractivity contribution is -0.140. The van der Waals surface area contributed by atoms with Crippen LogP contribution in [0.4, 0.5) is 0 Å². The van der Waals surface area contributed by atoms with E-state index in [-0.39, 0.29) is 5.66 Å². The third kappa shape index (κ3) is 7.04. The lowest BCUT2D eigenvalue weighted by atomic mass is 10.1. The first-order chi connectivity index (χ1) is 11.6. The van der Waals surface area contributed by atoms with Crippen molar-refractivity contribution >= 4 is 7.60 Å². The Labute approximate surface area is 146 Å². The van der Waals surface area contributed by atoms with Crippen LogP contribution in [0.3, 0.4) is 0 Å². The second-order valence-electron chi connectivity index (χ2n) is 5.29. The first kappa shape index (κ1) is 21.3. The Kier molecular flexibility index (Phi) is 10.5. The average molecular weight is 358 g/mol. The fraction of sp³-hybridized carbons (Fsp3) is 0.667. The molecule has 0 aliphatic heterocycles. The molecule has 0 spiro atoms. The van der Waals surface area contributed by atoms with E-state index in [9.17, 15) is 4.57 Å². The molecule has 0 saturated heterocycles. The van der Waals surface area contributed by atoms with Crippen molar-refractivity contribution < 1.29 is 23.1 Å². The molecule has 0 fully saturated rings. The summed E-state index contributed by atoms with van der Waals surface area (Å²) < 4.78 is 35.8. The summed E-state index contributed by atoms with van der Waals surface area (Å²) in [4.78, 5) is 0. The molecule has 1 aromatic rings. The maximum Gasteiger partial charge on any atom is 0.334 e. The zero-order valence-electron chi connectivity index (χ0n) is 15.3. The van der Waals surface area contributed by atoms with Crippen LogP contribution in [0, 0.1) is 0 Å². The fourth-order valence-corrected chi connectivity index (χ4v) is 4.68. The van der Waals surface area contributed by atoms with E-state index in [1.165, 1.54) is 0 Å². The van der Waals surface area contributed by atoms with Crippen LogP contribution < -0.4 is 0 Å². The highest BCUT2D eigenvalue weighted by atomic mass is 31.2. The molecule has 0 amide bonds. The molecule has 1 aromatic carbocycles. The summed E-state index contributed by atoms with van der Waals surface area (Å²) in [5.41, 5.74) is 0.775. The number of hydrogen-bond acceptors (Lipinski definition) is 5. The first-order valence-electron chi connectivity index (χ1n) is 8.75. The minimum Gasteiger partial charge on any atom is -0.353 e. The Balaban J connectivity index is 3.01. The van der Waals surface area contributed by atoms with Gasteiger partial charge in [-0.2, -0.15) is 0 Å². The molecule has 138 valence electrons. The summed E-state index contributed by atoms with van der Waals surface area (Å²) in [5, 5.41) is 0. The molecule has 5 nitrogen and oxygen atoms in total. The molecule has 0 aliphatic rings. The molecule has 0 aliphatic carbocycles. The van der Waals surface area contributed by atoms with E-state index in [0.717, 1.165) is 5.56 Å². The zero-order valence-corrected chi connectivity index (χ0v) is 16.2. The van der Waals surface area contributed by atoms with E-state index in [1.807, 2.05) is 58.0 Å². The van der Waals surface area contributed by atoms with E-state index in [4.69, 9.17) is 18.5 Å². The lowest BCUT2D eigenvalue weighted by Crippen LogP contribution is -2.27. The van der Waals surface area contributed by atoms with Crippen molar-refractivity contribution in [2.75, 3.05) is 26.4 Å². The second-order valence-corrected chi connectivity index (χ2v) is 7.62. The topological polar surface area (TPSA) is 54.0 Å². The van der Waals surface area contributed by atoms with Crippen LogP contribution in [0.2, 0.25) is 0 Å². The van der Waals surface area contributed by atoms with Gasteiger partial charge in [0.15, 0.2) is 6.29 Å². The molecule has 0 radical (unpaired) electrons. The van der Waals surface area contributed by atoms with Gasteiger partial charge in [-0.15, -0.1) is 0 Å². The Morgan fingerprint density at radius 3 is 1.88 bits per heavy atom. The molecule has 1 rings (SSSR count). The van der Waals surface area contributed by atoms with E-state index in [2.05, 4.69) is 0 Å². The minimum atomic E-state index is -3.26. The van der Waals surface area contributed by atoms with E-state index in [1.54, 1.807) is 0 Å². The smallest absolute Gasteiger partial charge is 0.334 e. The molecule has 6 heteroatoms. The van der Waals surface area contributed by atoms with Crippen LogP contribution in [-0.4, -0.2) is 38.4 Å².